The van der Waals surface area contributed by atoms with Crippen LogP contribution in [0.15, 0.2) is 88.9 Å². The summed E-state index contributed by atoms with van der Waals surface area (Å²) < 4.78 is 8.34. The topological polar surface area (TPSA) is 19.4 Å². The zero-order valence-electron chi connectivity index (χ0n) is 16.8. The predicted molar refractivity (Wildman–Crippen MR) is 118 cm³/mol. The molecular weight excluding hydrogens is 344 g/mol. The Hall–Kier alpha value is -3.33. The Kier molecular flexibility index (Phi) is 4.74. The van der Waals surface area contributed by atoms with Crippen molar-refractivity contribution in [2.45, 2.75) is 0 Å². The summed E-state index contributed by atoms with van der Waals surface area (Å²) in [6.07, 6.45) is 8.62. The molecule has 0 bridgehead atoms. The molecule has 4 rings (SSSR count). The first kappa shape index (κ1) is 18.1. The second-order valence-corrected chi connectivity index (χ2v) is 7.41. The van der Waals surface area contributed by atoms with Crippen LogP contribution in [0.5, 0.6) is 0 Å². The lowest BCUT2D eigenvalue weighted by Crippen LogP contribution is -2.10. The Bertz CT molecular complexity index is 1080. The van der Waals surface area contributed by atoms with E-state index >= 15 is 0 Å². The van der Waals surface area contributed by atoms with Crippen LogP contribution < -0.4 is 4.90 Å². The third-order valence-electron chi connectivity index (χ3n) is 5.02. The number of rotatable bonds is 3. The van der Waals surface area contributed by atoms with E-state index in [4.69, 9.17) is 4.42 Å². The van der Waals surface area contributed by atoms with Crippen LogP contribution >= 0.6 is 0 Å². The lowest BCUT2D eigenvalue weighted by Gasteiger charge is -2.15. The number of anilines is 1. The Labute approximate surface area is 166 Å². The van der Waals surface area contributed by atoms with Crippen molar-refractivity contribution in [1.82, 2.24) is 0 Å². The molecule has 0 atom stereocenters. The molecule has 1 aliphatic rings. The van der Waals surface area contributed by atoms with Crippen LogP contribution in [0.3, 0.4) is 0 Å². The van der Waals surface area contributed by atoms with E-state index in [-0.39, 0.29) is 0 Å². The molecule has 1 aromatic heterocycles. The smallest absolute Gasteiger partial charge is 0.199 e. The minimum atomic E-state index is 0.886. The van der Waals surface area contributed by atoms with Crippen LogP contribution in [0.2, 0.25) is 0 Å². The first-order valence-electron chi connectivity index (χ1n) is 9.44. The van der Waals surface area contributed by atoms with E-state index in [0.29, 0.717) is 0 Å². The summed E-state index contributed by atoms with van der Waals surface area (Å²) in [6.45, 7) is 0. The van der Waals surface area contributed by atoms with Gasteiger partial charge in [0, 0.05) is 42.9 Å². The summed E-state index contributed by atoms with van der Waals surface area (Å²) in [5, 5.41) is 1.12. The molecule has 2 aromatic carbocycles. The largest absolute Gasteiger partial charge is 0.456 e. The minimum Gasteiger partial charge on any atom is -0.456 e. The van der Waals surface area contributed by atoms with Gasteiger partial charge in [-0.1, -0.05) is 30.3 Å². The zero-order chi connectivity index (χ0) is 19.7. The molecule has 28 heavy (non-hydrogen) atoms. The summed E-state index contributed by atoms with van der Waals surface area (Å²) in [4.78, 5) is 2.11. The molecule has 3 nitrogen and oxygen atoms in total. The number of para-hydroxylation sites is 1. The molecule has 0 saturated carbocycles. The number of hydrogen-bond acceptors (Lipinski definition) is 2. The fourth-order valence-corrected chi connectivity index (χ4v) is 3.41. The van der Waals surface area contributed by atoms with Gasteiger partial charge >= 0.3 is 0 Å². The van der Waals surface area contributed by atoms with Crippen LogP contribution in [0.25, 0.3) is 16.5 Å². The monoisotopic (exact) mass is 369 g/mol. The normalized spacial score (nSPS) is 13.3. The molecule has 0 N–H and O–H groups in total. The summed E-state index contributed by atoms with van der Waals surface area (Å²) in [7, 11) is 8.22. The first-order valence-corrected chi connectivity index (χ1v) is 9.44. The van der Waals surface area contributed by atoms with Crippen LogP contribution in [0, 0.1) is 0 Å². The Balaban J connectivity index is 1.89. The van der Waals surface area contributed by atoms with E-state index in [1.54, 1.807) is 0 Å². The van der Waals surface area contributed by atoms with Gasteiger partial charge in [-0.05, 0) is 47.6 Å². The predicted octanol–water partition coefficient (Wildman–Crippen LogP) is 5.14. The van der Waals surface area contributed by atoms with Crippen molar-refractivity contribution in [3.05, 3.63) is 95.8 Å². The van der Waals surface area contributed by atoms with E-state index < -0.39 is 0 Å². The van der Waals surface area contributed by atoms with E-state index in [2.05, 4.69) is 98.4 Å². The highest BCUT2D eigenvalue weighted by Crippen LogP contribution is 2.34. The molecule has 1 heterocycles. The van der Waals surface area contributed by atoms with E-state index in [0.717, 1.165) is 33.4 Å². The van der Waals surface area contributed by atoms with Crippen molar-refractivity contribution in [3.8, 4) is 0 Å². The van der Waals surface area contributed by atoms with Crippen molar-refractivity contribution >= 4 is 27.9 Å². The van der Waals surface area contributed by atoms with Crippen molar-refractivity contribution in [2.24, 2.45) is 0 Å². The quantitative estimate of drug-likeness (QED) is 0.596. The Morgan fingerprint density at radius 2 is 1.54 bits per heavy atom. The van der Waals surface area contributed by atoms with Gasteiger partial charge in [0.2, 0.25) is 0 Å². The lowest BCUT2D eigenvalue weighted by molar-refractivity contribution is -0.462. The molecular formula is C25H25N2O+. The molecule has 1 aliphatic carbocycles. The average Bonchev–Trinajstić information content (AvgIpc) is 3.12. The van der Waals surface area contributed by atoms with Gasteiger partial charge in [0.15, 0.2) is 5.71 Å². The molecule has 0 fully saturated rings. The fourth-order valence-electron chi connectivity index (χ4n) is 3.41. The van der Waals surface area contributed by atoms with Gasteiger partial charge in [-0.15, -0.1) is 0 Å². The van der Waals surface area contributed by atoms with Gasteiger partial charge in [-0.3, -0.25) is 0 Å². The van der Waals surface area contributed by atoms with Crippen molar-refractivity contribution < 1.29 is 8.99 Å². The molecule has 3 heteroatoms. The Morgan fingerprint density at radius 1 is 0.857 bits per heavy atom. The van der Waals surface area contributed by atoms with Gasteiger partial charge < -0.3 is 9.32 Å². The summed E-state index contributed by atoms with van der Waals surface area (Å²) in [5.41, 5.74) is 6.65. The maximum atomic E-state index is 6.24. The van der Waals surface area contributed by atoms with Crippen LogP contribution in [-0.2, 0) is 0 Å². The maximum Gasteiger partial charge on any atom is 0.199 e. The number of benzene rings is 2. The summed E-state index contributed by atoms with van der Waals surface area (Å²) >= 11 is 0. The lowest BCUT2D eigenvalue weighted by atomic mass is 9.94. The van der Waals surface area contributed by atoms with Gasteiger partial charge in [0.25, 0.3) is 0 Å². The number of allylic oxidation sites excluding steroid dienone is 5. The number of hydrogen-bond donors (Lipinski definition) is 0. The second-order valence-electron chi connectivity index (χ2n) is 7.41. The highest BCUT2D eigenvalue weighted by molar-refractivity contribution is 6.04. The van der Waals surface area contributed by atoms with Gasteiger partial charge in [-0.2, -0.15) is 0 Å². The first-order chi connectivity index (χ1) is 13.5. The molecule has 0 amide bonds. The van der Waals surface area contributed by atoms with E-state index in [9.17, 15) is 0 Å². The summed E-state index contributed by atoms with van der Waals surface area (Å²) in [5.74, 6) is 0.886. The van der Waals surface area contributed by atoms with Crippen LogP contribution in [0.4, 0.5) is 5.69 Å². The minimum absolute atomic E-state index is 0.886. The average molecular weight is 369 g/mol. The van der Waals surface area contributed by atoms with Gasteiger partial charge in [-0.25, -0.2) is 4.58 Å². The number of fused-ring (bicyclic) bond motifs is 1. The molecule has 0 radical (unpaired) electrons. The third kappa shape index (κ3) is 3.44. The SMILES string of the molecule is CN(C)c1ccc(C(=C2C=CC(=[N+](C)C)C=C2)c2cc3ccccc3o2)cc1. The van der Waals surface area contributed by atoms with Crippen molar-refractivity contribution in [2.75, 3.05) is 33.1 Å². The molecule has 0 spiro atoms. The van der Waals surface area contributed by atoms with E-state index in [1.807, 2.05) is 18.2 Å². The van der Waals surface area contributed by atoms with Crippen molar-refractivity contribution in [1.29, 1.82) is 0 Å². The van der Waals surface area contributed by atoms with Crippen LogP contribution in [-0.4, -0.2) is 38.5 Å². The fraction of sp³-hybridized carbons (Fsp3) is 0.160. The van der Waals surface area contributed by atoms with Crippen LogP contribution in [0.1, 0.15) is 11.3 Å². The molecule has 0 unspecified atom stereocenters. The van der Waals surface area contributed by atoms with Gasteiger partial charge in [0.05, 0.1) is 0 Å². The standard InChI is InChI=1S/C25H25N2O/c1-26(2)21-13-9-18(10-14-21)25(19-11-15-22(16-12-19)27(3)4)24-17-20-7-5-6-8-23(20)28-24/h5-17H,1-4H3/q+1. The maximum absolute atomic E-state index is 6.24. The summed E-state index contributed by atoms with van der Waals surface area (Å²) in [6, 6.07) is 18.9. The zero-order valence-corrected chi connectivity index (χ0v) is 16.8. The number of nitrogens with zero attached hydrogens (tertiary/aromatic N) is 2. The molecule has 140 valence electrons. The second kappa shape index (κ2) is 7.35. The third-order valence-corrected chi connectivity index (χ3v) is 5.02. The van der Waals surface area contributed by atoms with Crippen molar-refractivity contribution in [3.63, 3.8) is 0 Å². The highest BCUT2D eigenvalue weighted by atomic mass is 16.3. The molecule has 0 saturated heterocycles. The van der Waals surface area contributed by atoms with E-state index in [1.165, 1.54) is 11.4 Å². The van der Waals surface area contributed by atoms with Gasteiger partial charge in [0.1, 0.15) is 25.4 Å². The molecule has 3 aromatic rings. The Morgan fingerprint density at radius 3 is 2.14 bits per heavy atom. The number of furan rings is 1. The highest BCUT2D eigenvalue weighted by Gasteiger charge is 2.17. The molecule has 0 aliphatic heterocycles.